The van der Waals surface area contributed by atoms with Gasteiger partial charge in [-0.3, -0.25) is 0 Å². The highest BCUT2D eigenvalue weighted by Crippen LogP contribution is 2.12. The first kappa shape index (κ1) is 14.9. The maximum absolute atomic E-state index is 11.7. The third-order valence-corrected chi connectivity index (χ3v) is 3.55. The quantitative estimate of drug-likeness (QED) is 0.738. The van der Waals surface area contributed by atoms with Crippen LogP contribution in [0.1, 0.15) is 36.6 Å². The van der Waals surface area contributed by atoms with E-state index in [-0.39, 0.29) is 12.6 Å². The number of aliphatic hydroxyl groups is 1. The fourth-order valence-electron chi connectivity index (χ4n) is 1.69. The molecular formula is C12H21N3O2S. The number of rotatable bonds is 6. The number of carbonyl (C=O) groups is 1. The topological polar surface area (TPSA) is 74.2 Å². The maximum Gasteiger partial charge on any atom is 0.315 e. The lowest BCUT2D eigenvalue weighted by atomic mass is 9.98. The maximum atomic E-state index is 11.7. The standard InChI is InChI=1S/C12H21N3O2S/c1-4-5-12(3,8-16)15-11(17)14-7-10-13-6-9(2)18-10/h6,16H,4-5,7-8H2,1-3H3,(H2,14,15,17). The summed E-state index contributed by atoms with van der Waals surface area (Å²) in [6.45, 7) is 6.18. The molecule has 0 aliphatic rings. The van der Waals surface area contributed by atoms with Crippen molar-refractivity contribution in [3.8, 4) is 0 Å². The third kappa shape index (κ3) is 4.62. The molecule has 0 aliphatic carbocycles. The Bertz CT molecular complexity index is 394. The zero-order chi connectivity index (χ0) is 13.6. The Balaban J connectivity index is 2.41. The number of hydrogen-bond donors (Lipinski definition) is 3. The average molecular weight is 271 g/mol. The van der Waals surface area contributed by atoms with Gasteiger partial charge in [-0.15, -0.1) is 11.3 Å². The van der Waals surface area contributed by atoms with Gasteiger partial charge < -0.3 is 15.7 Å². The highest BCUT2D eigenvalue weighted by Gasteiger charge is 2.24. The summed E-state index contributed by atoms with van der Waals surface area (Å²) >= 11 is 1.56. The summed E-state index contributed by atoms with van der Waals surface area (Å²) in [7, 11) is 0. The number of urea groups is 1. The van der Waals surface area contributed by atoms with Gasteiger partial charge in [0.05, 0.1) is 18.7 Å². The van der Waals surface area contributed by atoms with Crippen molar-refractivity contribution in [1.29, 1.82) is 0 Å². The van der Waals surface area contributed by atoms with Crippen molar-refractivity contribution in [2.75, 3.05) is 6.61 Å². The molecule has 5 nitrogen and oxygen atoms in total. The van der Waals surface area contributed by atoms with E-state index in [2.05, 4.69) is 15.6 Å². The van der Waals surface area contributed by atoms with Gasteiger partial charge in [0.15, 0.2) is 0 Å². The minimum absolute atomic E-state index is 0.0649. The molecule has 6 heteroatoms. The van der Waals surface area contributed by atoms with Crippen LogP contribution in [0.4, 0.5) is 4.79 Å². The van der Waals surface area contributed by atoms with E-state index >= 15 is 0 Å². The molecule has 0 radical (unpaired) electrons. The zero-order valence-electron chi connectivity index (χ0n) is 11.1. The number of amides is 2. The predicted octanol–water partition coefficient (Wildman–Crippen LogP) is 1.80. The van der Waals surface area contributed by atoms with Crippen molar-refractivity contribution in [2.24, 2.45) is 0 Å². The second-order valence-electron chi connectivity index (χ2n) is 4.64. The van der Waals surface area contributed by atoms with Crippen molar-refractivity contribution < 1.29 is 9.90 Å². The van der Waals surface area contributed by atoms with Crippen LogP contribution < -0.4 is 10.6 Å². The normalized spacial score (nSPS) is 14.0. The van der Waals surface area contributed by atoms with E-state index in [1.807, 2.05) is 20.8 Å². The van der Waals surface area contributed by atoms with E-state index in [4.69, 9.17) is 0 Å². The van der Waals surface area contributed by atoms with Gasteiger partial charge in [-0.2, -0.15) is 0 Å². The van der Waals surface area contributed by atoms with Crippen LogP contribution in [0.3, 0.4) is 0 Å². The third-order valence-electron chi connectivity index (χ3n) is 2.64. The minimum Gasteiger partial charge on any atom is -0.394 e. The van der Waals surface area contributed by atoms with Crippen LogP contribution in [-0.2, 0) is 6.54 Å². The lowest BCUT2D eigenvalue weighted by molar-refractivity contribution is 0.163. The lowest BCUT2D eigenvalue weighted by Crippen LogP contribution is -2.52. The number of aryl methyl sites for hydroxylation is 1. The monoisotopic (exact) mass is 271 g/mol. The van der Waals surface area contributed by atoms with Crippen LogP contribution in [-0.4, -0.2) is 28.3 Å². The SMILES string of the molecule is CCCC(C)(CO)NC(=O)NCc1ncc(C)s1. The van der Waals surface area contributed by atoms with Gasteiger partial charge in [0.1, 0.15) is 5.01 Å². The number of thiazole rings is 1. The number of nitrogens with zero attached hydrogens (tertiary/aromatic N) is 1. The van der Waals surface area contributed by atoms with Gasteiger partial charge in [0.2, 0.25) is 0 Å². The summed E-state index contributed by atoms with van der Waals surface area (Å²) in [4.78, 5) is 17.0. The van der Waals surface area contributed by atoms with Crippen LogP contribution in [0.2, 0.25) is 0 Å². The van der Waals surface area contributed by atoms with Gasteiger partial charge in [0, 0.05) is 11.1 Å². The van der Waals surface area contributed by atoms with Crippen molar-refractivity contribution in [3.63, 3.8) is 0 Å². The zero-order valence-corrected chi connectivity index (χ0v) is 11.9. The fraction of sp³-hybridized carbons (Fsp3) is 0.667. The van der Waals surface area contributed by atoms with E-state index < -0.39 is 5.54 Å². The summed E-state index contributed by atoms with van der Waals surface area (Å²) in [6, 6.07) is -0.271. The minimum atomic E-state index is -0.558. The second-order valence-corrected chi connectivity index (χ2v) is 5.96. The Kier molecular flexibility index (Phi) is 5.55. The smallest absolute Gasteiger partial charge is 0.315 e. The molecule has 0 fully saturated rings. The first-order chi connectivity index (χ1) is 8.49. The Morgan fingerprint density at radius 3 is 2.83 bits per heavy atom. The molecule has 0 bridgehead atoms. The van der Waals surface area contributed by atoms with Gasteiger partial charge >= 0.3 is 6.03 Å². The summed E-state index contributed by atoms with van der Waals surface area (Å²) in [5, 5.41) is 15.7. The Hall–Kier alpha value is -1.14. The van der Waals surface area contributed by atoms with E-state index in [9.17, 15) is 9.90 Å². The number of aliphatic hydroxyl groups excluding tert-OH is 1. The van der Waals surface area contributed by atoms with Crippen LogP contribution in [0.25, 0.3) is 0 Å². The molecule has 0 saturated heterocycles. The highest BCUT2D eigenvalue weighted by atomic mass is 32.1. The first-order valence-corrected chi connectivity index (χ1v) is 6.89. The number of carbonyl (C=O) groups excluding carboxylic acids is 1. The van der Waals surface area contributed by atoms with Crippen molar-refractivity contribution >= 4 is 17.4 Å². The van der Waals surface area contributed by atoms with Crippen LogP contribution in [0.15, 0.2) is 6.20 Å². The largest absolute Gasteiger partial charge is 0.394 e. The van der Waals surface area contributed by atoms with E-state index in [1.54, 1.807) is 17.5 Å². The van der Waals surface area contributed by atoms with Crippen molar-refractivity contribution in [2.45, 2.75) is 45.7 Å². The summed E-state index contributed by atoms with van der Waals surface area (Å²) < 4.78 is 0. The number of nitrogens with one attached hydrogen (secondary N) is 2. The van der Waals surface area contributed by atoms with Crippen molar-refractivity contribution in [3.05, 3.63) is 16.1 Å². The Labute approximate surface area is 112 Å². The molecule has 0 aromatic carbocycles. The lowest BCUT2D eigenvalue weighted by Gasteiger charge is -2.28. The van der Waals surface area contributed by atoms with E-state index in [0.29, 0.717) is 6.54 Å². The van der Waals surface area contributed by atoms with E-state index in [0.717, 1.165) is 22.7 Å². The number of hydrogen-bond acceptors (Lipinski definition) is 4. The fourth-order valence-corrected chi connectivity index (χ4v) is 2.42. The second kappa shape index (κ2) is 6.70. The molecule has 1 aromatic heterocycles. The predicted molar refractivity (Wildman–Crippen MR) is 72.6 cm³/mol. The molecule has 0 spiro atoms. The van der Waals surface area contributed by atoms with Gasteiger partial charge in [0.25, 0.3) is 0 Å². The molecule has 1 heterocycles. The van der Waals surface area contributed by atoms with Crippen LogP contribution in [0, 0.1) is 6.92 Å². The van der Waals surface area contributed by atoms with Crippen LogP contribution in [0.5, 0.6) is 0 Å². The molecule has 18 heavy (non-hydrogen) atoms. The molecular weight excluding hydrogens is 250 g/mol. The van der Waals surface area contributed by atoms with Gasteiger partial charge in [-0.1, -0.05) is 13.3 Å². The Morgan fingerprint density at radius 1 is 1.61 bits per heavy atom. The molecule has 1 rings (SSSR count). The molecule has 1 unspecified atom stereocenters. The highest BCUT2D eigenvalue weighted by molar-refractivity contribution is 7.11. The molecule has 1 aromatic rings. The first-order valence-electron chi connectivity index (χ1n) is 6.07. The van der Waals surface area contributed by atoms with Crippen LogP contribution >= 0.6 is 11.3 Å². The molecule has 0 saturated carbocycles. The molecule has 0 aliphatic heterocycles. The van der Waals surface area contributed by atoms with E-state index in [1.165, 1.54) is 0 Å². The molecule has 2 amide bonds. The summed E-state index contributed by atoms with van der Waals surface area (Å²) in [6.07, 6.45) is 3.44. The van der Waals surface area contributed by atoms with Gasteiger partial charge in [-0.05, 0) is 20.3 Å². The number of aromatic nitrogens is 1. The van der Waals surface area contributed by atoms with Gasteiger partial charge in [-0.25, -0.2) is 9.78 Å². The summed E-state index contributed by atoms with van der Waals surface area (Å²) in [5.41, 5.74) is -0.558. The molecule has 3 N–H and O–H groups in total. The average Bonchev–Trinajstić information content (AvgIpc) is 2.73. The summed E-state index contributed by atoms with van der Waals surface area (Å²) in [5.74, 6) is 0. The molecule has 1 atom stereocenters. The molecule has 102 valence electrons. The Morgan fingerprint density at radius 2 is 2.33 bits per heavy atom. The van der Waals surface area contributed by atoms with Crippen molar-refractivity contribution in [1.82, 2.24) is 15.6 Å².